The molecule has 0 unspecified atom stereocenters. The maximum Gasteiger partial charge on any atom is 0.339 e. The minimum absolute atomic E-state index is 0.256. The number of amides is 1. The second-order valence-electron chi connectivity index (χ2n) is 6.59. The molecule has 28 heavy (non-hydrogen) atoms. The third-order valence-corrected chi connectivity index (χ3v) is 4.09. The highest BCUT2D eigenvalue weighted by Crippen LogP contribution is 2.29. The number of carbonyl (C=O) groups excluding carboxylic acids is 2. The third-order valence-electron chi connectivity index (χ3n) is 3.76. The summed E-state index contributed by atoms with van der Waals surface area (Å²) in [5.41, 5.74) is 0.705. The second kappa shape index (κ2) is 9.99. The fraction of sp³-hybridized carbons (Fsp3) is 0.333. The number of para-hydroxylation sites is 1. The molecule has 1 amide bonds. The first-order valence-electron chi connectivity index (χ1n) is 8.89. The van der Waals surface area contributed by atoms with Crippen LogP contribution >= 0.6 is 11.6 Å². The van der Waals surface area contributed by atoms with Crippen molar-refractivity contribution in [3.63, 3.8) is 0 Å². The van der Waals surface area contributed by atoms with Gasteiger partial charge in [-0.15, -0.1) is 0 Å². The molecule has 150 valence electrons. The van der Waals surface area contributed by atoms with Crippen LogP contribution in [0.3, 0.4) is 0 Å². The molecule has 0 bridgehead atoms. The maximum atomic E-state index is 12.4. The molecular formula is C21H24ClNO5. The maximum absolute atomic E-state index is 12.4. The molecule has 6 nitrogen and oxygen atoms in total. The number of benzene rings is 2. The predicted octanol–water partition coefficient (Wildman–Crippen LogP) is 4.57. The monoisotopic (exact) mass is 405 g/mol. The van der Waals surface area contributed by atoms with Crippen LogP contribution in [-0.2, 0) is 9.53 Å². The van der Waals surface area contributed by atoms with Gasteiger partial charge in [-0.25, -0.2) is 4.79 Å². The average Bonchev–Trinajstić information content (AvgIpc) is 2.67. The van der Waals surface area contributed by atoms with Gasteiger partial charge in [0.25, 0.3) is 5.91 Å². The summed E-state index contributed by atoms with van der Waals surface area (Å²) < 4.78 is 16.2. The number of carbonyl (C=O) groups is 2. The van der Waals surface area contributed by atoms with E-state index in [0.717, 1.165) is 0 Å². The van der Waals surface area contributed by atoms with Crippen molar-refractivity contribution in [2.45, 2.75) is 26.9 Å². The van der Waals surface area contributed by atoms with Crippen LogP contribution in [0.15, 0.2) is 42.5 Å². The van der Waals surface area contributed by atoms with Crippen LogP contribution in [0.4, 0.5) is 5.69 Å². The number of hydrogen-bond acceptors (Lipinski definition) is 5. The third kappa shape index (κ3) is 5.89. The lowest BCUT2D eigenvalue weighted by Gasteiger charge is -2.16. The highest BCUT2D eigenvalue weighted by molar-refractivity contribution is 6.33. The van der Waals surface area contributed by atoms with E-state index >= 15 is 0 Å². The summed E-state index contributed by atoms with van der Waals surface area (Å²) in [6, 6.07) is 11.6. The Kier molecular flexibility index (Phi) is 7.70. The lowest BCUT2D eigenvalue weighted by atomic mass is 10.2. The Labute approximate surface area is 169 Å². The van der Waals surface area contributed by atoms with E-state index < -0.39 is 18.0 Å². The first-order valence-corrected chi connectivity index (χ1v) is 9.26. The average molecular weight is 406 g/mol. The Morgan fingerprint density at radius 2 is 1.79 bits per heavy atom. The van der Waals surface area contributed by atoms with Crippen LogP contribution in [0.5, 0.6) is 11.5 Å². The summed E-state index contributed by atoms with van der Waals surface area (Å²) in [5.74, 6) is 0.188. The van der Waals surface area contributed by atoms with Crippen LogP contribution in [0, 0.1) is 5.92 Å². The molecule has 0 radical (unpaired) electrons. The zero-order valence-corrected chi connectivity index (χ0v) is 17.1. The Hall–Kier alpha value is -2.73. The van der Waals surface area contributed by atoms with Gasteiger partial charge in [0, 0.05) is 0 Å². The molecule has 0 fully saturated rings. The van der Waals surface area contributed by atoms with E-state index in [9.17, 15) is 9.59 Å². The summed E-state index contributed by atoms with van der Waals surface area (Å²) in [4.78, 5) is 24.7. The first-order chi connectivity index (χ1) is 13.3. The SMILES string of the molecule is COc1cc(C(=O)O[C@@H](C)C(=O)Nc2ccccc2Cl)ccc1OCC(C)C. The van der Waals surface area contributed by atoms with Crippen LogP contribution in [0.25, 0.3) is 0 Å². The standard InChI is InChI=1S/C21H24ClNO5/c1-13(2)12-27-18-10-9-15(11-19(18)26-4)21(25)28-14(3)20(24)23-17-8-6-5-7-16(17)22/h5-11,13-14H,12H2,1-4H3,(H,23,24)/t14-/m0/s1. The van der Waals surface area contributed by atoms with Gasteiger partial charge in [-0.2, -0.15) is 0 Å². The van der Waals surface area contributed by atoms with Gasteiger partial charge in [0.05, 0.1) is 30.0 Å². The minimum Gasteiger partial charge on any atom is -0.493 e. The van der Waals surface area contributed by atoms with E-state index in [2.05, 4.69) is 5.32 Å². The normalized spacial score (nSPS) is 11.6. The van der Waals surface area contributed by atoms with E-state index in [4.69, 9.17) is 25.8 Å². The summed E-state index contributed by atoms with van der Waals surface area (Å²) in [7, 11) is 1.49. The van der Waals surface area contributed by atoms with Crippen LogP contribution < -0.4 is 14.8 Å². The molecule has 0 spiro atoms. The van der Waals surface area contributed by atoms with E-state index in [1.165, 1.54) is 20.1 Å². The first kappa shape index (κ1) is 21.6. The van der Waals surface area contributed by atoms with Crippen molar-refractivity contribution in [3.8, 4) is 11.5 Å². The smallest absolute Gasteiger partial charge is 0.339 e. The second-order valence-corrected chi connectivity index (χ2v) is 6.99. The molecule has 7 heteroatoms. The van der Waals surface area contributed by atoms with Crippen LogP contribution in [0.1, 0.15) is 31.1 Å². The van der Waals surface area contributed by atoms with E-state index in [0.29, 0.717) is 34.7 Å². The molecule has 0 aliphatic carbocycles. The van der Waals surface area contributed by atoms with E-state index in [-0.39, 0.29) is 5.56 Å². The summed E-state index contributed by atoms with van der Waals surface area (Å²) in [6.45, 7) is 6.08. The minimum atomic E-state index is -1.01. The molecule has 2 rings (SSSR count). The van der Waals surface area contributed by atoms with E-state index in [1.54, 1.807) is 36.4 Å². The molecule has 0 saturated heterocycles. The van der Waals surface area contributed by atoms with Gasteiger partial charge in [-0.3, -0.25) is 4.79 Å². The highest BCUT2D eigenvalue weighted by atomic mass is 35.5. The number of hydrogen-bond donors (Lipinski definition) is 1. The molecule has 1 atom stereocenters. The zero-order valence-electron chi connectivity index (χ0n) is 16.3. The van der Waals surface area contributed by atoms with Crippen molar-refractivity contribution >= 4 is 29.2 Å². The Morgan fingerprint density at radius 1 is 1.07 bits per heavy atom. The van der Waals surface area contributed by atoms with Gasteiger partial charge in [0.2, 0.25) is 0 Å². The summed E-state index contributed by atoms with van der Waals surface area (Å²) in [5, 5.41) is 3.03. The number of anilines is 1. The van der Waals surface area contributed by atoms with Gasteiger partial charge in [-0.1, -0.05) is 37.6 Å². The molecule has 0 aromatic heterocycles. The van der Waals surface area contributed by atoms with Crippen molar-refractivity contribution in [1.29, 1.82) is 0 Å². The van der Waals surface area contributed by atoms with Gasteiger partial charge in [-0.05, 0) is 43.2 Å². The molecule has 1 N–H and O–H groups in total. The number of ether oxygens (including phenoxy) is 3. The quantitative estimate of drug-likeness (QED) is 0.651. The molecule has 0 saturated carbocycles. The van der Waals surface area contributed by atoms with Gasteiger partial charge >= 0.3 is 5.97 Å². The molecule has 2 aromatic carbocycles. The molecule has 0 aliphatic heterocycles. The van der Waals surface area contributed by atoms with Gasteiger partial charge < -0.3 is 19.5 Å². The fourth-order valence-electron chi connectivity index (χ4n) is 2.25. The summed E-state index contributed by atoms with van der Waals surface area (Å²) >= 11 is 6.02. The fourth-order valence-corrected chi connectivity index (χ4v) is 2.43. The Bertz CT molecular complexity index is 837. The van der Waals surface area contributed by atoms with Crippen molar-refractivity contribution < 1.29 is 23.8 Å². The van der Waals surface area contributed by atoms with Crippen LogP contribution in [-0.4, -0.2) is 31.7 Å². The number of rotatable bonds is 8. The lowest BCUT2D eigenvalue weighted by molar-refractivity contribution is -0.123. The van der Waals surface area contributed by atoms with Crippen molar-refractivity contribution in [1.82, 2.24) is 0 Å². The number of esters is 1. The van der Waals surface area contributed by atoms with Crippen molar-refractivity contribution in [2.75, 3.05) is 19.0 Å². The van der Waals surface area contributed by atoms with E-state index in [1.807, 2.05) is 13.8 Å². The zero-order chi connectivity index (χ0) is 20.7. The molecular weight excluding hydrogens is 382 g/mol. The van der Waals surface area contributed by atoms with Crippen LogP contribution in [0.2, 0.25) is 5.02 Å². The summed E-state index contributed by atoms with van der Waals surface area (Å²) in [6.07, 6.45) is -1.01. The van der Waals surface area contributed by atoms with Crippen molar-refractivity contribution in [3.05, 3.63) is 53.1 Å². The number of methoxy groups -OCH3 is 1. The molecule has 2 aromatic rings. The van der Waals surface area contributed by atoms with Gasteiger partial charge in [0.15, 0.2) is 17.6 Å². The lowest BCUT2D eigenvalue weighted by Crippen LogP contribution is -2.30. The number of halogens is 1. The topological polar surface area (TPSA) is 73.9 Å². The van der Waals surface area contributed by atoms with Gasteiger partial charge in [0.1, 0.15) is 0 Å². The predicted molar refractivity (Wildman–Crippen MR) is 108 cm³/mol. The molecule has 0 heterocycles. The molecule has 0 aliphatic rings. The number of nitrogens with one attached hydrogen (secondary N) is 1. The highest BCUT2D eigenvalue weighted by Gasteiger charge is 2.21. The largest absolute Gasteiger partial charge is 0.493 e. The Morgan fingerprint density at radius 3 is 2.43 bits per heavy atom. The van der Waals surface area contributed by atoms with Crippen molar-refractivity contribution in [2.24, 2.45) is 5.92 Å². The Balaban J connectivity index is 2.03.